The lowest BCUT2D eigenvalue weighted by molar-refractivity contribution is 0.214. The van der Waals surface area contributed by atoms with E-state index in [9.17, 15) is 9.50 Å². The van der Waals surface area contributed by atoms with Crippen LogP contribution in [0.3, 0.4) is 0 Å². The number of rotatable bonds is 2. The molecule has 0 radical (unpaired) electrons. The van der Waals surface area contributed by atoms with Gasteiger partial charge in [-0.15, -0.1) is 0 Å². The fourth-order valence-corrected chi connectivity index (χ4v) is 1.51. The van der Waals surface area contributed by atoms with Gasteiger partial charge in [0.25, 0.3) is 0 Å². The number of phenols is 1. The highest BCUT2D eigenvalue weighted by atomic mass is 19.1. The minimum atomic E-state index is -1.49. The van der Waals surface area contributed by atoms with Gasteiger partial charge in [0.15, 0.2) is 0 Å². The van der Waals surface area contributed by atoms with Crippen LogP contribution in [0.1, 0.15) is 44.7 Å². The van der Waals surface area contributed by atoms with Gasteiger partial charge in [-0.3, -0.25) is 0 Å². The van der Waals surface area contributed by atoms with Crippen LogP contribution in [0.4, 0.5) is 4.39 Å². The first-order valence-corrected chi connectivity index (χ1v) is 4.85. The van der Waals surface area contributed by atoms with Crippen molar-refractivity contribution in [3.05, 3.63) is 29.3 Å². The summed E-state index contributed by atoms with van der Waals surface area (Å²) in [5.41, 5.74) is -0.327. The summed E-state index contributed by atoms with van der Waals surface area (Å²) in [5, 5.41) is 9.85. The van der Waals surface area contributed by atoms with E-state index in [2.05, 4.69) is 0 Å². The zero-order valence-electron chi connectivity index (χ0n) is 9.13. The van der Waals surface area contributed by atoms with Gasteiger partial charge in [0.05, 0.1) is 0 Å². The number of aromatic hydroxyl groups is 1. The van der Waals surface area contributed by atoms with Gasteiger partial charge in [-0.1, -0.05) is 32.0 Å². The summed E-state index contributed by atoms with van der Waals surface area (Å²) in [7, 11) is 0. The lowest BCUT2D eigenvalue weighted by Gasteiger charge is -2.19. The first-order valence-electron chi connectivity index (χ1n) is 4.85. The van der Waals surface area contributed by atoms with Gasteiger partial charge in [0, 0.05) is 5.56 Å². The number of benzene rings is 1. The Morgan fingerprint density at radius 3 is 2.29 bits per heavy atom. The van der Waals surface area contributed by atoms with Crippen LogP contribution >= 0.6 is 0 Å². The number of hydrogen-bond acceptors (Lipinski definition) is 1. The van der Waals surface area contributed by atoms with E-state index < -0.39 is 5.67 Å². The van der Waals surface area contributed by atoms with E-state index in [0.717, 1.165) is 5.56 Å². The minimum absolute atomic E-state index is 0.0926. The summed E-state index contributed by atoms with van der Waals surface area (Å²) < 4.78 is 13.7. The topological polar surface area (TPSA) is 20.2 Å². The summed E-state index contributed by atoms with van der Waals surface area (Å²) in [6, 6.07) is 5.24. The molecule has 0 saturated carbocycles. The SMILES string of the molecule is CC(C)c1cccc(C(C)(C)F)c1O. The van der Waals surface area contributed by atoms with Gasteiger partial charge in [-0.25, -0.2) is 4.39 Å². The summed E-state index contributed by atoms with van der Waals surface area (Å²) >= 11 is 0. The van der Waals surface area contributed by atoms with Crippen molar-refractivity contribution in [1.82, 2.24) is 0 Å². The second-order valence-corrected chi connectivity index (χ2v) is 4.37. The molecule has 1 nitrogen and oxygen atoms in total. The average Bonchev–Trinajstić information content (AvgIpc) is 2.01. The van der Waals surface area contributed by atoms with E-state index in [4.69, 9.17) is 0 Å². The fraction of sp³-hybridized carbons (Fsp3) is 0.500. The van der Waals surface area contributed by atoms with Crippen molar-refractivity contribution in [3.63, 3.8) is 0 Å². The number of para-hydroxylation sites is 1. The highest BCUT2D eigenvalue weighted by Gasteiger charge is 2.24. The van der Waals surface area contributed by atoms with Crippen molar-refractivity contribution in [2.75, 3.05) is 0 Å². The van der Waals surface area contributed by atoms with Crippen LogP contribution in [0.25, 0.3) is 0 Å². The summed E-state index contributed by atoms with van der Waals surface area (Å²) in [4.78, 5) is 0. The Morgan fingerprint density at radius 1 is 1.29 bits per heavy atom. The van der Waals surface area contributed by atoms with Crippen molar-refractivity contribution in [1.29, 1.82) is 0 Å². The van der Waals surface area contributed by atoms with E-state index in [0.29, 0.717) is 5.56 Å². The van der Waals surface area contributed by atoms with Crippen molar-refractivity contribution >= 4 is 0 Å². The Kier molecular flexibility index (Phi) is 2.84. The summed E-state index contributed by atoms with van der Waals surface area (Å²) in [6.07, 6.45) is 0. The van der Waals surface area contributed by atoms with Gasteiger partial charge in [0.1, 0.15) is 11.4 Å². The van der Waals surface area contributed by atoms with E-state index in [1.54, 1.807) is 12.1 Å². The second kappa shape index (κ2) is 3.60. The summed E-state index contributed by atoms with van der Waals surface area (Å²) in [5.74, 6) is 0.298. The molecule has 1 rings (SSSR count). The molecule has 0 aliphatic rings. The molecule has 0 heterocycles. The number of alkyl halides is 1. The molecule has 78 valence electrons. The van der Waals surface area contributed by atoms with Gasteiger partial charge in [-0.2, -0.15) is 0 Å². The molecule has 0 amide bonds. The standard InChI is InChI=1S/C12H17FO/c1-8(2)9-6-5-7-10(11(9)14)12(3,4)13/h5-8,14H,1-4H3. The predicted molar refractivity (Wildman–Crippen MR) is 56.3 cm³/mol. The lowest BCUT2D eigenvalue weighted by Crippen LogP contribution is -2.10. The van der Waals surface area contributed by atoms with E-state index in [1.165, 1.54) is 13.8 Å². The van der Waals surface area contributed by atoms with E-state index >= 15 is 0 Å². The van der Waals surface area contributed by atoms with E-state index in [-0.39, 0.29) is 11.7 Å². The second-order valence-electron chi connectivity index (χ2n) is 4.37. The van der Waals surface area contributed by atoms with Crippen molar-refractivity contribution in [3.8, 4) is 5.75 Å². The highest BCUT2D eigenvalue weighted by Crippen LogP contribution is 2.36. The molecule has 1 aromatic carbocycles. The minimum Gasteiger partial charge on any atom is -0.507 e. The molecule has 0 saturated heterocycles. The normalized spacial score (nSPS) is 12.1. The number of halogens is 1. The quantitative estimate of drug-likeness (QED) is 0.764. The molecule has 1 aromatic rings. The number of hydrogen-bond donors (Lipinski definition) is 1. The molecular weight excluding hydrogens is 179 g/mol. The Hall–Kier alpha value is -1.05. The van der Waals surface area contributed by atoms with Crippen LogP contribution < -0.4 is 0 Å². The Balaban J connectivity index is 3.28. The first-order chi connectivity index (χ1) is 6.34. The molecule has 0 atom stereocenters. The van der Waals surface area contributed by atoms with Crippen LogP contribution in [0, 0.1) is 0 Å². The molecular formula is C12H17FO. The molecule has 0 aromatic heterocycles. The van der Waals surface area contributed by atoms with Crippen LogP contribution in [0.5, 0.6) is 5.75 Å². The van der Waals surface area contributed by atoms with Crippen LogP contribution in [0.2, 0.25) is 0 Å². The highest BCUT2D eigenvalue weighted by molar-refractivity contribution is 5.44. The molecule has 0 bridgehead atoms. The smallest absolute Gasteiger partial charge is 0.134 e. The Labute approximate surface area is 84.6 Å². The van der Waals surface area contributed by atoms with Gasteiger partial charge < -0.3 is 5.11 Å². The van der Waals surface area contributed by atoms with Gasteiger partial charge >= 0.3 is 0 Å². The molecule has 2 heteroatoms. The zero-order valence-corrected chi connectivity index (χ0v) is 9.13. The lowest BCUT2D eigenvalue weighted by atomic mass is 9.92. The average molecular weight is 196 g/mol. The maximum absolute atomic E-state index is 13.7. The molecule has 14 heavy (non-hydrogen) atoms. The van der Waals surface area contributed by atoms with Crippen LogP contribution in [-0.4, -0.2) is 5.11 Å². The molecule has 0 unspecified atom stereocenters. The third-order valence-electron chi connectivity index (χ3n) is 2.33. The van der Waals surface area contributed by atoms with Crippen molar-refractivity contribution in [2.45, 2.75) is 39.3 Å². The van der Waals surface area contributed by atoms with E-state index in [1.807, 2.05) is 19.9 Å². The van der Waals surface area contributed by atoms with Crippen molar-refractivity contribution < 1.29 is 9.50 Å². The van der Waals surface area contributed by atoms with Gasteiger partial charge in [0.2, 0.25) is 0 Å². The van der Waals surface area contributed by atoms with Crippen molar-refractivity contribution in [2.24, 2.45) is 0 Å². The monoisotopic (exact) mass is 196 g/mol. The third-order valence-corrected chi connectivity index (χ3v) is 2.33. The van der Waals surface area contributed by atoms with Gasteiger partial charge in [-0.05, 0) is 25.3 Å². The van der Waals surface area contributed by atoms with Crippen LogP contribution in [-0.2, 0) is 5.67 Å². The third kappa shape index (κ3) is 2.06. The molecule has 0 aliphatic heterocycles. The summed E-state index contributed by atoms with van der Waals surface area (Å²) in [6.45, 7) is 6.85. The van der Waals surface area contributed by atoms with Crippen LogP contribution in [0.15, 0.2) is 18.2 Å². The largest absolute Gasteiger partial charge is 0.507 e. The predicted octanol–water partition coefficient (Wildman–Crippen LogP) is 3.72. The molecule has 0 aliphatic carbocycles. The zero-order chi connectivity index (χ0) is 10.9. The Bertz CT molecular complexity index is 324. The molecule has 1 N–H and O–H groups in total. The fourth-order valence-electron chi connectivity index (χ4n) is 1.51. The number of phenolic OH excluding ortho intramolecular Hbond substituents is 1. The molecule has 0 fully saturated rings. The molecule has 0 spiro atoms. The maximum Gasteiger partial charge on any atom is 0.134 e. The first kappa shape index (κ1) is 11.0. The Morgan fingerprint density at radius 2 is 1.86 bits per heavy atom. The maximum atomic E-state index is 13.7.